The number of halogens is 1. The van der Waals surface area contributed by atoms with Crippen LogP contribution in [0.2, 0.25) is 0 Å². The topological polar surface area (TPSA) is 131 Å². The first-order chi connectivity index (χ1) is 14.8. The highest BCUT2D eigenvalue weighted by molar-refractivity contribution is 7.80. The summed E-state index contributed by atoms with van der Waals surface area (Å²) in [6, 6.07) is 6.96. The summed E-state index contributed by atoms with van der Waals surface area (Å²) in [6.07, 6.45) is 2.95. The predicted octanol–water partition coefficient (Wildman–Crippen LogP) is 3.76. The van der Waals surface area contributed by atoms with Crippen molar-refractivity contribution in [2.24, 2.45) is 0 Å². The van der Waals surface area contributed by atoms with Crippen molar-refractivity contribution < 1.29 is 19.0 Å². The molecule has 10 nitrogen and oxygen atoms in total. The van der Waals surface area contributed by atoms with Gasteiger partial charge in [-0.2, -0.15) is 0 Å². The highest BCUT2D eigenvalue weighted by Gasteiger charge is 2.23. The lowest BCUT2D eigenvalue weighted by Gasteiger charge is -2.28. The molecule has 0 atom stereocenters. The molecule has 2 aromatic carbocycles. The number of nitrogens with one attached hydrogen (secondary N) is 2. The van der Waals surface area contributed by atoms with Gasteiger partial charge in [-0.25, -0.2) is 4.39 Å². The van der Waals surface area contributed by atoms with E-state index < -0.39 is 21.6 Å². The number of anilines is 2. The Balaban J connectivity index is 1.75. The zero-order valence-corrected chi connectivity index (χ0v) is 17.0. The highest BCUT2D eigenvalue weighted by atomic mass is 32.1. The van der Waals surface area contributed by atoms with Gasteiger partial charge in [-0.3, -0.25) is 30.3 Å². The third kappa shape index (κ3) is 5.28. The Kier molecular flexibility index (Phi) is 6.70. The summed E-state index contributed by atoms with van der Waals surface area (Å²) in [5, 5.41) is 26.7. The molecule has 2 N–H and O–H groups in total. The Morgan fingerprint density at radius 2 is 1.74 bits per heavy atom. The van der Waals surface area contributed by atoms with Crippen molar-refractivity contribution in [2.75, 3.05) is 23.3 Å². The minimum atomic E-state index is -0.802. The molecule has 0 saturated carbocycles. The Bertz CT molecular complexity index is 1060. The number of nitro benzene ring substituents is 2. The molecular formula is C19H18FN5O5S. The van der Waals surface area contributed by atoms with Gasteiger partial charge >= 0.3 is 0 Å². The van der Waals surface area contributed by atoms with Crippen LogP contribution in [0.4, 0.5) is 27.1 Å². The number of nitrogens with zero attached hydrogens (tertiary/aromatic N) is 3. The minimum absolute atomic E-state index is 0.00359. The average Bonchev–Trinajstić information content (AvgIpc) is 2.75. The molecule has 0 radical (unpaired) electrons. The van der Waals surface area contributed by atoms with Crippen LogP contribution < -0.4 is 15.5 Å². The van der Waals surface area contributed by atoms with Crippen LogP contribution in [0.1, 0.15) is 29.6 Å². The van der Waals surface area contributed by atoms with Crippen LogP contribution in [0.3, 0.4) is 0 Å². The zero-order chi connectivity index (χ0) is 22.5. The number of hydrogen-bond donors (Lipinski definition) is 2. The summed E-state index contributed by atoms with van der Waals surface area (Å²) in [6.45, 7) is 1.41. The van der Waals surface area contributed by atoms with Gasteiger partial charge in [-0.1, -0.05) is 0 Å². The number of hydrogen-bond acceptors (Lipinski definition) is 7. The maximum absolute atomic E-state index is 13.9. The van der Waals surface area contributed by atoms with Crippen molar-refractivity contribution in [3.05, 3.63) is 68.0 Å². The van der Waals surface area contributed by atoms with E-state index >= 15 is 0 Å². The van der Waals surface area contributed by atoms with Gasteiger partial charge in [-0.15, -0.1) is 0 Å². The summed E-state index contributed by atoms with van der Waals surface area (Å²) in [4.78, 5) is 35.5. The van der Waals surface area contributed by atoms with Gasteiger partial charge in [-0.05, 0) is 49.7 Å². The molecular weight excluding hydrogens is 429 g/mol. The molecule has 1 aliphatic heterocycles. The molecule has 0 unspecified atom stereocenters. The molecule has 0 aromatic heterocycles. The Labute approximate surface area is 181 Å². The normalized spacial score (nSPS) is 13.4. The number of benzene rings is 2. The van der Waals surface area contributed by atoms with Gasteiger partial charge in [0.25, 0.3) is 17.3 Å². The number of piperidine rings is 1. The molecule has 3 rings (SSSR count). The largest absolute Gasteiger partial charge is 0.366 e. The molecule has 0 spiro atoms. The van der Waals surface area contributed by atoms with Crippen molar-refractivity contribution in [3.63, 3.8) is 0 Å². The lowest BCUT2D eigenvalue weighted by Crippen LogP contribution is -2.34. The van der Waals surface area contributed by atoms with Gasteiger partial charge in [0.2, 0.25) is 0 Å². The number of carbonyl (C=O) groups excluding carboxylic acids is 1. The second kappa shape index (κ2) is 9.43. The number of rotatable bonds is 5. The lowest BCUT2D eigenvalue weighted by molar-refractivity contribution is -0.384. The second-order valence-corrected chi connectivity index (χ2v) is 7.25. The third-order valence-corrected chi connectivity index (χ3v) is 4.97. The fourth-order valence-corrected chi connectivity index (χ4v) is 3.47. The molecule has 162 valence electrons. The number of amides is 1. The predicted molar refractivity (Wildman–Crippen MR) is 116 cm³/mol. The van der Waals surface area contributed by atoms with Crippen molar-refractivity contribution in [1.82, 2.24) is 5.32 Å². The Hall–Kier alpha value is -3.67. The van der Waals surface area contributed by atoms with Crippen LogP contribution in [-0.4, -0.2) is 34.0 Å². The van der Waals surface area contributed by atoms with Crippen LogP contribution in [0.15, 0.2) is 36.4 Å². The van der Waals surface area contributed by atoms with Gasteiger partial charge in [0.05, 0.1) is 15.5 Å². The SMILES string of the molecule is O=C(NC(=S)Nc1cc([N+](=O)[O-])ccc1F)c1ccc(N2CCCCC2)c([N+](=O)[O-])c1. The third-order valence-electron chi connectivity index (χ3n) is 4.77. The standard InChI is InChI=1S/C19H18FN5O5S/c20-14-6-5-13(24(27)28)11-15(14)21-19(31)22-18(26)12-4-7-16(17(10-12)25(29)30)23-8-2-1-3-9-23/h4-7,10-11H,1-3,8-9H2,(H2,21,22,26,31). The summed E-state index contributed by atoms with van der Waals surface area (Å²) in [5.41, 5.74) is -0.400. The fraction of sp³-hybridized carbons (Fsp3) is 0.263. The molecule has 31 heavy (non-hydrogen) atoms. The van der Waals surface area contributed by atoms with Crippen LogP contribution in [0.5, 0.6) is 0 Å². The maximum Gasteiger partial charge on any atom is 0.293 e. The molecule has 1 saturated heterocycles. The van der Waals surface area contributed by atoms with Gasteiger partial charge in [0, 0.05) is 36.9 Å². The quantitative estimate of drug-likeness (QED) is 0.402. The molecule has 1 amide bonds. The van der Waals surface area contributed by atoms with Crippen LogP contribution in [-0.2, 0) is 0 Å². The van der Waals surface area contributed by atoms with Crippen molar-refractivity contribution in [3.8, 4) is 0 Å². The number of thiocarbonyl (C=S) groups is 1. The molecule has 2 aromatic rings. The van der Waals surface area contributed by atoms with E-state index in [-0.39, 0.29) is 27.7 Å². The van der Waals surface area contributed by atoms with Crippen LogP contribution in [0, 0.1) is 26.0 Å². The summed E-state index contributed by atoms with van der Waals surface area (Å²) < 4.78 is 13.9. The summed E-state index contributed by atoms with van der Waals surface area (Å²) in [5.74, 6) is -1.54. The monoisotopic (exact) mass is 447 g/mol. The minimum Gasteiger partial charge on any atom is -0.366 e. The molecule has 1 aliphatic rings. The molecule has 1 heterocycles. The average molecular weight is 447 g/mol. The van der Waals surface area contributed by atoms with E-state index in [4.69, 9.17) is 12.2 Å². The fourth-order valence-electron chi connectivity index (χ4n) is 3.26. The molecule has 0 bridgehead atoms. The molecule has 1 fully saturated rings. The van der Waals surface area contributed by atoms with Gasteiger partial charge in [0.1, 0.15) is 11.5 Å². The Morgan fingerprint density at radius 1 is 1.03 bits per heavy atom. The number of nitro groups is 2. The first-order valence-electron chi connectivity index (χ1n) is 9.36. The van der Waals surface area contributed by atoms with Crippen LogP contribution >= 0.6 is 12.2 Å². The molecule has 12 heteroatoms. The van der Waals surface area contributed by atoms with Crippen molar-refractivity contribution >= 4 is 46.0 Å². The first kappa shape index (κ1) is 22.0. The summed E-state index contributed by atoms with van der Waals surface area (Å²) >= 11 is 4.97. The lowest BCUT2D eigenvalue weighted by atomic mass is 10.1. The number of non-ortho nitro benzene ring substituents is 1. The van der Waals surface area contributed by atoms with E-state index in [0.717, 1.165) is 43.5 Å². The van der Waals surface area contributed by atoms with E-state index in [2.05, 4.69) is 10.6 Å². The zero-order valence-electron chi connectivity index (χ0n) is 16.2. The van der Waals surface area contributed by atoms with Crippen molar-refractivity contribution in [1.29, 1.82) is 0 Å². The Morgan fingerprint density at radius 3 is 2.39 bits per heavy atom. The van der Waals surface area contributed by atoms with E-state index in [0.29, 0.717) is 18.8 Å². The second-order valence-electron chi connectivity index (χ2n) is 6.84. The van der Waals surface area contributed by atoms with Gasteiger partial charge < -0.3 is 10.2 Å². The summed E-state index contributed by atoms with van der Waals surface area (Å²) in [7, 11) is 0. The van der Waals surface area contributed by atoms with Crippen molar-refractivity contribution in [2.45, 2.75) is 19.3 Å². The highest BCUT2D eigenvalue weighted by Crippen LogP contribution is 2.31. The van der Waals surface area contributed by atoms with Crippen LogP contribution in [0.25, 0.3) is 0 Å². The van der Waals surface area contributed by atoms with E-state index in [9.17, 15) is 29.4 Å². The van der Waals surface area contributed by atoms with E-state index in [1.165, 1.54) is 12.1 Å². The van der Waals surface area contributed by atoms with E-state index in [1.54, 1.807) is 0 Å². The van der Waals surface area contributed by atoms with Gasteiger partial charge in [0.15, 0.2) is 5.11 Å². The maximum atomic E-state index is 13.9. The first-order valence-corrected chi connectivity index (χ1v) is 9.77. The van der Waals surface area contributed by atoms with E-state index in [1.807, 2.05) is 4.90 Å². The number of carbonyl (C=O) groups is 1. The molecule has 0 aliphatic carbocycles. The smallest absolute Gasteiger partial charge is 0.293 e.